The molecule has 0 fully saturated rings. The van der Waals surface area contributed by atoms with Crippen LogP contribution >= 0.6 is 0 Å². The summed E-state index contributed by atoms with van der Waals surface area (Å²) in [6, 6.07) is 24.1. The Labute approximate surface area is 189 Å². The van der Waals surface area contributed by atoms with Gasteiger partial charge in [-0.1, -0.05) is 42.5 Å². The summed E-state index contributed by atoms with van der Waals surface area (Å²) in [6.45, 7) is 3.37. The van der Waals surface area contributed by atoms with E-state index >= 15 is 0 Å². The summed E-state index contributed by atoms with van der Waals surface area (Å²) in [4.78, 5) is 12.3. The summed E-state index contributed by atoms with van der Waals surface area (Å²) in [6.07, 6.45) is 1.62. The molecule has 0 spiro atoms. The lowest BCUT2D eigenvalue weighted by Crippen LogP contribution is -2.36. The molecule has 0 radical (unpaired) electrons. The fourth-order valence-corrected chi connectivity index (χ4v) is 3.17. The van der Waals surface area contributed by atoms with Crippen molar-refractivity contribution < 1.29 is 19.4 Å². The number of ether oxygens (including phenoxy) is 2. The van der Waals surface area contributed by atoms with Gasteiger partial charge in [-0.15, -0.1) is 0 Å². The van der Waals surface area contributed by atoms with E-state index in [0.717, 1.165) is 35.4 Å². The highest BCUT2D eigenvalue weighted by atomic mass is 16.5. The van der Waals surface area contributed by atoms with Crippen LogP contribution < -0.4 is 15.4 Å². The van der Waals surface area contributed by atoms with Gasteiger partial charge in [-0.05, 0) is 67.3 Å². The van der Waals surface area contributed by atoms with Crippen molar-refractivity contribution in [2.75, 3.05) is 18.5 Å². The van der Waals surface area contributed by atoms with Crippen molar-refractivity contribution in [2.24, 2.45) is 0 Å². The first-order chi connectivity index (χ1) is 15.6. The number of rotatable bonds is 11. The zero-order chi connectivity index (χ0) is 22.6. The van der Waals surface area contributed by atoms with Crippen molar-refractivity contribution >= 4 is 11.7 Å². The van der Waals surface area contributed by atoms with Gasteiger partial charge in [-0.25, -0.2) is 4.79 Å². The van der Waals surface area contributed by atoms with Crippen molar-refractivity contribution in [1.82, 2.24) is 5.32 Å². The predicted octanol–water partition coefficient (Wildman–Crippen LogP) is 5.13. The molecule has 3 aromatic rings. The number of carbonyl (C=O) groups is 1. The van der Waals surface area contributed by atoms with Gasteiger partial charge in [0, 0.05) is 11.7 Å². The van der Waals surface area contributed by atoms with Gasteiger partial charge in [0.25, 0.3) is 0 Å². The summed E-state index contributed by atoms with van der Waals surface area (Å²) in [5.41, 5.74) is 2.82. The number of amides is 2. The molecule has 2 amide bonds. The maximum Gasteiger partial charge on any atom is 0.319 e. The third-order valence-corrected chi connectivity index (χ3v) is 4.87. The van der Waals surface area contributed by atoms with Crippen LogP contribution in [0.25, 0.3) is 0 Å². The minimum absolute atomic E-state index is 0.0138. The minimum Gasteiger partial charge on any atom is -0.508 e. The van der Waals surface area contributed by atoms with E-state index in [1.165, 1.54) is 0 Å². The number of aryl methyl sites for hydroxylation is 1. The number of carbonyl (C=O) groups excluding carboxylic acids is 1. The lowest BCUT2D eigenvalue weighted by molar-refractivity contribution is 0.0889. The van der Waals surface area contributed by atoms with Gasteiger partial charge >= 0.3 is 6.03 Å². The number of phenolic OH excluding ortho intramolecular Hbond substituents is 1. The van der Waals surface area contributed by atoms with E-state index in [0.29, 0.717) is 19.8 Å². The number of aromatic hydroxyl groups is 1. The highest BCUT2D eigenvalue weighted by Gasteiger charge is 2.08. The second kappa shape index (κ2) is 12.4. The fourth-order valence-electron chi connectivity index (χ4n) is 3.17. The van der Waals surface area contributed by atoms with Crippen LogP contribution in [0.2, 0.25) is 0 Å². The van der Waals surface area contributed by atoms with E-state index in [4.69, 9.17) is 9.47 Å². The maximum atomic E-state index is 12.3. The zero-order valence-corrected chi connectivity index (χ0v) is 18.3. The van der Waals surface area contributed by atoms with Gasteiger partial charge < -0.3 is 25.2 Å². The van der Waals surface area contributed by atoms with Gasteiger partial charge in [0.2, 0.25) is 0 Å². The Morgan fingerprint density at radius 1 is 0.938 bits per heavy atom. The number of anilines is 1. The topological polar surface area (TPSA) is 79.8 Å². The number of urea groups is 1. The number of hydrogen-bond acceptors (Lipinski definition) is 4. The molecular weight excluding hydrogens is 404 g/mol. The largest absolute Gasteiger partial charge is 0.508 e. The quantitative estimate of drug-likeness (QED) is 0.366. The van der Waals surface area contributed by atoms with Gasteiger partial charge in [0.05, 0.1) is 13.2 Å². The maximum absolute atomic E-state index is 12.3. The molecule has 6 nitrogen and oxygen atoms in total. The van der Waals surface area contributed by atoms with E-state index in [2.05, 4.69) is 10.6 Å². The average molecular weight is 435 g/mol. The molecule has 0 aliphatic heterocycles. The molecule has 6 heteroatoms. The first-order valence-corrected chi connectivity index (χ1v) is 10.8. The van der Waals surface area contributed by atoms with Crippen molar-refractivity contribution in [2.45, 2.75) is 32.4 Å². The smallest absolute Gasteiger partial charge is 0.319 e. The zero-order valence-electron chi connectivity index (χ0n) is 18.3. The number of hydrogen-bond donors (Lipinski definition) is 3. The van der Waals surface area contributed by atoms with Gasteiger partial charge in [-0.2, -0.15) is 0 Å². The first-order valence-electron chi connectivity index (χ1n) is 10.8. The molecule has 32 heavy (non-hydrogen) atoms. The molecule has 0 saturated heterocycles. The molecule has 1 unspecified atom stereocenters. The second-order valence-corrected chi connectivity index (χ2v) is 7.62. The van der Waals surface area contributed by atoms with E-state index in [1.807, 2.05) is 73.7 Å². The molecule has 0 bridgehead atoms. The Kier molecular flexibility index (Phi) is 8.95. The molecule has 3 N–H and O–H groups in total. The van der Waals surface area contributed by atoms with Crippen LogP contribution in [-0.2, 0) is 17.8 Å². The average Bonchev–Trinajstić information content (AvgIpc) is 2.79. The van der Waals surface area contributed by atoms with Crippen LogP contribution in [-0.4, -0.2) is 30.4 Å². The predicted molar refractivity (Wildman–Crippen MR) is 126 cm³/mol. The lowest BCUT2D eigenvalue weighted by atomic mass is 10.1. The van der Waals surface area contributed by atoms with Crippen LogP contribution in [0.4, 0.5) is 10.5 Å². The Morgan fingerprint density at radius 2 is 1.72 bits per heavy atom. The van der Waals surface area contributed by atoms with E-state index in [9.17, 15) is 9.90 Å². The second-order valence-electron chi connectivity index (χ2n) is 7.62. The molecule has 0 aromatic heterocycles. The molecule has 3 rings (SSSR count). The Balaban J connectivity index is 1.35. The summed E-state index contributed by atoms with van der Waals surface area (Å²) >= 11 is 0. The Hall–Kier alpha value is -3.51. The van der Waals surface area contributed by atoms with Crippen LogP contribution in [0.15, 0.2) is 78.9 Å². The van der Waals surface area contributed by atoms with Gasteiger partial charge in [-0.3, -0.25) is 0 Å². The highest BCUT2D eigenvalue weighted by molar-refractivity contribution is 5.89. The van der Waals surface area contributed by atoms with Crippen LogP contribution in [0.1, 0.15) is 24.5 Å². The minimum atomic E-state index is -0.238. The summed E-state index contributed by atoms with van der Waals surface area (Å²) in [5, 5.41) is 15.2. The molecule has 0 saturated carbocycles. The Bertz CT molecular complexity index is 961. The molecule has 1 atom stereocenters. The summed E-state index contributed by atoms with van der Waals surface area (Å²) in [7, 11) is 0. The van der Waals surface area contributed by atoms with Crippen molar-refractivity contribution in [3.63, 3.8) is 0 Å². The van der Waals surface area contributed by atoms with Gasteiger partial charge in [0.1, 0.15) is 18.1 Å². The number of benzene rings is 3. The Morgan fingerprint density at radius 3 is 2.50 bits per heavy atom. The highest BCUT2D eigenvalue weighted by Crippen LogP contribution is 2.14. The number of phenols is 1. The summed E-state index contributed by atoms with van der Waals surface area (Å²) < 4.78 is 11.3. The van der Waals surface area contributed by atoms with Crippen LogP contribution in [0.5, 0.6) is 11.5 Å². The molecule has 168 valence electrons. The van der Waals surface area contributed by atoms with E-state index < -0.39 is 0 Å². The molecular formula is C26H30N2O4. The van der Waals surface area contributed by atoms with E-state index in [1.54, 1.807) is 12.1 Å². The normalized spacial score (nSPS) is 11.5. The number of para-hydroxylation sites is 1. The van der Waals surface area contributed by atoms with E-state index in [-0.39, 0.29) is 17.8 Å². The molecule has 0 aliphatic rings. The van der Waals surface area contributed by atoms with Crippen LogP contribution in [0, 0.1) is 0 Å². The third kappa shape index (κ3) is 8.32. The summed E-state index contributed by atoms with van der Waals surface area (Å²) in [5.74, 6) is 1.08. The standard InChI is InChI=1S/C26H30N2O4/c1-20(10-11-21-12-14-24(29)15-13-21)27-26(30)28-23-7-5-6-22(18-23)19-31-16-17-32-25-8-3-2-4-9-25/h2-9,12-15,18,20,29H,10-11,16-17,19H2,1H3,(H2,27,28,30). The lowest BCUT2D eigenvalue weighted by Gasteiger charge is -2.15. The monoisotopic (exact) mass is 434 g/mol. The SMILES string of the molecule is CC(CCc1ccc(O)cc1)NC(=O)Nc1cccc(COCCOc2ccccc2)c1. The molecule has 3 aromatic carbocycles. The number of nitrogens with one attached hydrogen (secondary N) is 2. The fraction of sp³-hybridized carbons (Fsp3) is 0.269. The van der Waals surface area contributed by atoms with Crippen LogP contribution in [0.3, 0.4) is 0 Å². The third-order valence-electron chi connectivity index (χ3n) is 4.87. The molecule has 0 heterocycles. The van der Waals surface area contributed by atoms with Crippen molar-refractivity contribution in [3.05, 3.63) is 90.0 Å². The van der Waals surface area contributed by atoms with Crippen molar-refractivity contribution in [3.8, 4) is 11.5 Å². The van der Waals surface area contributed by atoms with Gasteiger partial charge in [0.15, 0.2) is 0 Å². The van der Waals surface area contributed by atoms with Crippen molar-refractivity contribution in [1.29, 1.82) is 0 Å². The first kappa shape index (κ1) is 23.2. The molecule has 0 aliphatic carbocycles.